The molecule has 4 heteroatoms. The molecule has 1 aliphatic rings. The Labute approximate surface area is 108 Å². The number of nitrogens with one attached hydrogen (secondary N) is 1. The number of nitrogens with zero attached hydrogens (tertiary/aromatic N) is 1. The third kappa shape index (κ3) is 3.21. The molecule has 100 valence electrons. The third-order valence-electron chi connectivity index (χ3n) is 3.48. The Bertz CT molecular complexity index is 391. The van der Waals surface area contributed by atoms with Gasteiger partial charge in [-0.1, -0.05) is 6.92 Å². The zero-order valence-electron chi connectivity index (χ0n) is 10.8. The van der Waals surface area contributed by atoms with Crippen molar-refractivity contribution in [2.75, 3.05) is 19.6 Å². The number of phenols is 1. The second-order valence-corrected chi connectivity index (χ2v) is 4.89. The van der Waals surface area contributed by atoms with Crippen LogP contribution in [-0.4, -0.2) is 35.7 Å². The van der Waals surface area contributed by atoms with Crippen LogP contribution in [0.2, 0.25) is 0 Å². The molecule has 3 nitrogen and oxygen atoms in total. The minimum absolute atomic E-state index is 0.184. The zero-order chi connectivity index (χ0) is 13.0. The highest BCUT2D eigenvalue weighted by atomic mass is 19.1. The molecule has 18 heavy (non-hydrogen) atoms. The van der Waals surface area contributed by atoms with Crippen LogP contribution in [0.15, 0.2) is 18.2 Å². The largest absolute Gasteiger partial charge is 0.508 e. The van der Waals surface area contributed by atoms with E-state index < -0.39 is 0 Å². The van der Waals surface area contributed by atoms with Gasteiger partial charge in [-0.05, 0) is 44.1 Å². The Morgan fingerprint density at radius 3 is 3.00 bits per heavy atom. The molecule has 1 fully saturated rings. The van der Waals surface area contributed by atoms with Crippen molar-refractivity contribution in [2.45, 2.75) is 32.4 Å². The molecule has 0 aliphatic carbocycles. The number of aromatic hydroxyl groups is 1. The fourth-order valence-electron chi connectivity index (χ4n) is 2.53. The van der Waals surface area contributed by atoms with Gasteiger partial charge in [0.2, 0.25) is 0 Å². The SMILES string of the molecule is CCCN(Cc1cc(F)ccc1O)C1CCNC1. The summed E-state index contributed by atoms with van der Waals surface area (Å²) in [4.78, 5) is 2.33. The monoisotopic (exact) mass is 252 g/mol. The van der Waals surface area contributed by atoms with Gasteiger partial charge >= 0.3 is 0 Å². The number of hydrogen-bond donors (Lipinski definition) is 2. The first kappa shape index (κ1) is 13.3. The average Bonchev–Trinajstić information content (AvgIpc) is 2.87. The lowest BCUT2D eigenvalue weighted by Gasteiger charge is -2.28. The molecule has 0 saturated carbocycles. The second kappa shape index (κ2) is 6.16. The van der Waals surface area contributed by atoms with E-state index in [1.54, 1.807) is 0 Å². The zero-order valence-corrected chi connectivity index (χ0v) is 10.8. The summed E-state index contributed by atoms with van der Waals surface area (Å²) in [6, 6.07) is 4.65. The number of hydrogen-bond acceptors (Lipinski definition) is 3. The first-order valence-corrected chi connectivity index (χ1v) is 6.63. The average molecular weight is 252 g/mol. The summed E-state index contributed by atoms with van der Waals surface area (Å²) in [5, 5.41) is 13.1. The van der Waals surface area contributed by atoms with Gasteiger partial charge in [0.05, 0.1) is 0 Å². The Kier molecular flexibility index (Phi) is 4.55. The van der Waals surface area contributed by atoms with Crippen molar-refractivity contribution in [3.8, 4) is 5.75 Å². The maximum absolute atomic E-state index is 13.2. The van der Waals surface area contributed by atoms with E-state index in [1.165, 1.54) is 18.2 Å². The highest BCUT2D eigenvalue weighted by Gasteiger charge is 2.22. The van der Waals surface area contributed by atoms with E-state index in [-0.39, 0.29) is 11.6 Å². The molecule has 0 radical (unpaired) electrons. The summed E-state index contributed by atoms with van der Waals surface area (Å²) in [7, 11) is 0. The summed E-state index contributed by atoms with van der Waals surface area (Å²) < 4.78 is 13.2. The molecule has 1 atom stereocenters. The molecular weight excluding hydrogens is 231 g/mol. The highest BCUT2D eigenvalue weighted by Crippen LogP contribution is 2.22. The molecule has 0 bridgehead atoms. The lowest BCUT2D eigenvalue weighted by Crippen LogP contribution is -2.36. The van der Waals surface area contributed by atoms with Gasteiger partial charge in [-0.25, -0.2) is 4.39 Å². The fraction of sp³-hybridized carbons (Fsp3) is 0.571. The summed E-state index contributed by atoms with van der Waals surface area (Å²) in [5.74, 6) is -0.104. The van der Waals surface area contributed by atoms with Gasteiger partial charge in [-0.3, -0.25) is 4.90 Å². The Balaban J connectivity index is 2.09. The van der Waals surface area contributed by atoms with E-state index in [0.29, 0.717) is 18.2 Å². The quantitative estimate of drug-likeness (QED) is 0.842. The molecule has 0 amide bonds. The van der Waals surface area contributed by atoms with Crippen LogP contribution in [0.4, 0.5) is 4.39 Å². The summed E-state index contributed by atoms with van der Waals surface area (Å²) in [6.45, 7) is 5.75. The van der Waals surface area contributed by atoms with Crippen molar-refractivity contribution in [1.29, 1.82) is 0 Å². The molecule has 1 saturated heterocycles. The first-order chi connectivity index (χ1) is 8.70. The molecule has 2 N–H and O–H groups in total. The van der Waals surface area contributed by atoms with E-state index in [0.717, 1.165) is 32.5 Å². The molecule has 1 unspecified atom stereocenters. The molecule has 1 aliphatic heterocycles. The second-order valence-electron chi connectivity index (χ2n) is 4.89. The Morgan fingerprint density at radius 1 is 1.50 bits per heavy atom. The van der Waals surface area contributed by atoms with Crippen molar-refractivity contribution >= 4 is 0 Å². The Hall–Kier alpha value is -1.13. The number of rotatable bonds is 5. The van der Waals surface area contributed by atoms with Crippen LogP contribution in [0.1, 0.15) is 25.3 Å². The highest BCUT2D eigenvalue weighted by molar-refractivity contribution is 5.32. The lowest BCUT2D eigenvalue weighted by molar-refractivity contribution is 0.197. The van der Waals surface area contributed by atoms with E-state index >= 15 is 0 Å². The number of phenolic OH excluding ortho intramolecular Hbond substituents is 1. The van der Waals surface area contributed by atoms with E-state index in [9.17, 15) is 9.50 Å². The van der Waals surface area contributed by atoms with Crippen LogP contribution in [0.25, 0.3) is 0 Å². The molecule has 0 aromatic heterocycles. The molecular formula is C14H21FN2O. The lowest BCUT2D eigenvalue weighted by atomic mass is 10.1. The number of halogens is 1. The summed E-state index contributed by atoms with van der Waals surface area (Å²) in [5.41, 5.74) is 0.676. The number of benzene rings is 1. The van der Waals surface area contributed by atoms with Gasteiger partial charge in [0.15, 0.2) is 0 Å². The van der Waals surface area contributed by atoms with Crippen molar-refractivity contribution < 1.29 is 9.50 Å². The predicted molar refractivity (Wildman–Crippen MR) is 70.0 cm³/mol. The van der Waals surface area contributed by atoms with Gasteiger partial charge in [0.1, 0.15) is 11.6 Å². The standard InChI is InChI=1S/C14H21FN2O/c1-2-7-17(13-5-6-16-9-13)10-11-8-12(15)3-4-14(11)18/h3-4,8,13,16,18H,2,5-7,9-10H2,1H3. The minimum atomic E-state index is -0.288. The van der Waals surface area contributed by atoms with Crippen molar-refractivity contribution in [3.63, 3.8) is 0 Å². The van der Waals surface area contributed by atoms with E-state index in [1.807, 2.05) is 0 Å². The molecule has 0 spiro atoms. The van der Waals surface area contributed by atoms with E-state index in [2.05, 4.69) is 17.1 Å². The van der Waals surface area contributed by atoms with Crippen LogP contribution in [0, 0.1) is 5.82 Å². The fourth-order valence-corrected chi connectivity index (χ4v) is 2.53. The molecule has 1 aromatic carbocycles. The third-order valence-corrected chi connectivity index (χ3v) is 3.48. The van der Waals surface area contributed by atoms with Crippen LogP contribution < -0.4 is 5.32 Å². The smallest absolute Gasteiger partial charge is 0.123 e. The topological polar surface area (TPSA) is 35.5 Å². The first-order valence-electron chi connectivity index (χ1n) is 6.63. The maximum atomic E-state index is 13.2. The normalized spacial score (nSPS) is 19.6. The van der Waals surface area contributed by atoms with Crippen molar-refractivity contribution in [1.82, 2.24) is 10.2 Å². The predicted octanol–water partition coefficient (Wildman–Crippen LogP) is 2.11. The van der Waals surface area contributed by atoms with E-state index in [4.69, 9.17) is 0 Å². The van der Waals surface area contributed by atoms with Gasteiger partial charge in [-0.15, -0.1) is 0 Å². The Morgan fingerprint density at radius 2 is 2.33 bits per heavy atom. The van der Waals surface area contributed by atoms with Crippen LogP contribution in [-0.2, 0) is 6.54 Å². The van der Waals surface area contributed by atoms with Crippen molar-refractivity contribution in [2.24, 2.45) is 0 Å². The van der Waals surface area contributed by atoms with Gasteiger partial charge in [0, 0.05) is 24.7 Å². The minimum Gasteiger partial charge on any atom is -0.508 e. The van der Waals surface area contributed by atoms with Gasteiger partial charge in [-0.2, -0.15) is 0 Å². The summed E-state index contributed by atoms with van der Waals surface area (Å²) in [6.07, 6.45) is 2.18. The van der Waals surface area contributed by atoms with Gasteiger partial charge in [0.25, 0.3) is 0 Å². The van der Waals surface area contributed by atoms with Crippen molar-refractivity contribution in [3.05, 3.63) is 29.6 Å². The molecule has 1 heterocycles. The molecule has 1 aromatic rings. The molecule has 2 rings (SSSR count). The summed E-state index contributed by atoms with van der Waals surface area (Å²) >= 11 is 0. The van der Waals surface area contributed by atoms with Gasteiger partial charge < -0.3 is 10.4 Å². The van der Waals surface area contributed by atoms with Crippen LogP contribution in [0.3, 0.4) is 0 Å². The van der Waals surface area contributed by atoms with Crippen LogP contribution in [0.5, 0.6) is 5.75 Å². The maximum Gasteiger partial charge on any atom is 0.123 e. The van der Waals surface area contributed by atoms with Crippen LogP contribution >= 0.6 is 0 Å².